The van der Waals surface area contributed by atoms with Crippen LogP contribution in [0, 0.1) is 0 Å². The third-order valence-corrected chi connectivity index (χ3v) is 4.08. The van der Waals surface area contributed by atoms with Crippen LogP contribution in [-0.4, -0.2) is 4.98 Å². The molecule has 2 aromatic rings. The van der Waals surface area contributed by atoms with Crippen molar-refractivity contribution in [3.05, 3.63) is 48.2 Å². The van der Waals surface area contributed by atoms with Gasteiger partial charge in [0, 0.05) is 11.3 Å². The Bertz CT molecular complexity index is 680. The molecule has 0 aliphatic rings. The highest BCUT2D eigenvalue weighted by molar-refractivity contribution is 8.45. The minimum absolute atomic E-state index is 0.0169. The fraction of sp³-hybridized carbons (Fsp3) is 0.312. The monoisotopic (exact) mass is 353 g/mol. The van der Waals surface area contributed by atoms with Gasteiger partial charge in [-0.15, -0.1) is 0 Å². The molecule has 0 saturated carbocycles. The third-order valence-electron chi connectivity index (χ3n) is 2.94. The lowest BCUT2D eigenvalue weighted by atomic mass is 10.1. The lowest BCUT2D eigenvalue weighted by Gasteiger charge is -2.40. The van der Waals surface area contributed by atoms with E-state index in [2.05, 4.69) is 4.98 Å². The zero-order chi connectivity index (χ0) is 18.0. The second-order valence-electron chi connectivity index (χ2n) is 5.10. The first kappa shape index (κ1) is 19.4. The summed E-state index contributed by atoms with van der Waals surface area (Å²) in [6.45, 7) is 7.77. The van der Waals surface area contributed by atoms with Crippen LogP contribution in [0.5, 0.6) is 0 Å². The molecule has 1 aromatic carbocycles. The maximum absolute atomic E-state index is 12.8. The molecule has 1 aromatic heterocycles. The number of nitrogens with zero attached hydrogens (tertiary/aromatic N) is 1. The summed E-state index contributed by atoms with van der Waals surface area (Å²) in [7, 11) is -9.67. The van der Waals surface area contributed by atoms with Crippen molar-refractivity contribution in [1.29, 1.82) is 0 Å². The topological polar surface area (TPSA) is 12.9 Å². The average Bonchev–Trinajstić information content (AvgIpc) is 2.47. The molecule has 0 amide bonds. The zero-order valence-electron chi connectivity index (χ0n) is 13.4. The SMILES string of the molecule is CC.CC(C)c1cccc(-c2cccc(S(F)(F)(F)(F)F)c2)n1. The molecule has 0 bridgehead atoms. The maximum atomic E-state index is 12.8. The average molecular weight is 353 g/mol. The van der Waals surface area contributed by atoms with Crippen LogP contribution >= 0.6 is 10.2 Å². The van der Waals surface area contributed by atoms with Crippen LogP contribution < -0.4 is 0 Å². The number of rotatable bonds is 3. The number of hydrogen-bond acceptors (Lipinski definition) is 1. The minimum atomic E-state index is -9.67. The normalized spacial score (nSPS) is 14.5. The van der Waals surface area contributed by atoms with E-state index in [9.17, 15) is 19.4 Å². The van der Waals surface area contributed by atoms with Crippen molar-refractivity contribution < 1.29 is 19.4 Å². The van der Waals surface area contributed by atoms with E-state index in [0.29, 0.717) is 17.8 Å². The second-order valence-corrected chi connectivity index (χ2v) is 7.51. The molecule has 130 valence electrons. The Kier molecular flexibility index (Phi) is 4.88. The van der Waals surface area contributed by atoms with E-state index >= 15 is 0 Å². The van der Waals surface area contributed by atoms with Gasteiger partial charge in [-0.05, 0) is 30.2 Å². The molecule has 7 heteroatoms. The first-order valence-electron chi connectivity index (χ1n) is 7.18. The van der Waals surface area contributed by atoms with Crippen LogP contribution in [-0.2, 0) is 0 Å². The molecule has 0 spiro atoms. The molecule has 1 nitrogen and oxygen atoms in total. The van der Waals surface area contributed by atoms with Gasteiger partial charge in [-0.1, -0.05) is 65.3 Å². The number of hydrogen-bond donors (Lipinski definition) is 0. The summed E-state index contributed by atoms with van der Waals surface area (Å²) in [6, 6.07) is 8.01. The van der Waals surface area contributed by atoms with E-state index in [1.54, 1.807) is 12.1 Å². The molecular weight excluding hydrogens is 333 g/mol. The molecule has 2 rings (SSSR count). The lowest BCUT2D eigenvalue weighted by molar-refractivity contribution is 0.364. The van der Waals surface area contributed by atoms with Crippen molar-refractivity contribution in [3.63, 3.8) is 0 Å². The van der Waals surface area contributed by atoms with Crippen molar-refractivity contribution in [1.82, 2.24) is 4.98 Å². The second kappa shape index (κ2) is 5.78. The third kappa shape index (κ3) is 5.20. The molecular formula is C16H20F5NS. The summed E-state index contributed by atoms with van der Waals surface area (Å²) in [5.74, 6) is 0.0868. The van der Waals surface area contributed by atoms with Crippen molar-refractivity contribution >= 4 is 10.2 Å². The molecule has 0 atom stereocenters. The van der Waals surface area contributed by atoms with Crippen molar-refractivity contribution in [2.24, 2.45) is 0 Å². The van der Waals surface area contributed by atoms with E-state index in [1.165, 1.54) is 12.1 Å². The zero-order valence-corrected chi connectivity index (χ0v) is 14.2. The Hall–Kier alpha value is -1.63. The van der Waals surface area contributed by atoms with E-state index in [1.807, 2.05) is 27.7 Å². The molecule has 0 radical (unpaired) electrons. The van der Waals surface area contributed by atoms with E-state index in [4.69, 9.17) is 0 Å². The number of aromatic nitrogens is 1. The summed E-state index contributed by atoms with van der Waals surface area (Å²) < 4.78 is 64.2. The Morgan fingerprint density at radius 1 is 0.870 bits per heavy atom. The standard InChI is InChI=1S/C14H14F5NS.C2H6/c1-10(2)13-7-4-8-14(20-13)11-5-3-6-12(9-11)21(15,16,17,18)19;1-2/h3-10H,1-2H3;1-2H3. The molecule has 0 saturated heterocycles. The summed E-state index contributed by atoms with van der Waals surface area (Å²) >= 11 is 0. The molecule has 1 heterocycles. The highest BCUT2D eigenvalue weighted by atomic mass is 32.5. The first-order valence-corrected chi connectivity index (χ1v) is 9.13. The van der Waals surface area contributed by atoms with Crippen molar-refractivity contribution in [2.45, 2.75) is 38.5 Å². The summed E-state index contributed by atoms with van der Waals surface area (Å²) in [4.78, 5) is 2.31. The minimum Gasteiger partial charge on any atom is -0.253 e. The van der Waals surface area contributed by atoms with Gasteiger partial charge < -0.3 is 0 Å². The van der Waals surface area contributed by atoms with Gasteiger partial charge in [0.25, 0.3) is 0 Å². The molecule has 0 N–H and O–H groups in total. The van der Waals surface area contributed by atoms with Crippen LogP contribution in [0.1, 0.15) is 39.3 Å². The van der Waals surface area contributed by atoms with E-state index in [-0.39, 0.29) is 17.2 Å². The van der Waals surface area contributed by atoms with Crippen molar-refractivity contribution in [3.8, 4) is 11.3 Å². The summed E-state index contributed by atoms with van der Waals surface area (Å²) in [5, 5.41) is 0. The van der Waals surface area contributed by atoms with Crippen LogP contribution in [0.2, 0.25) is 0 Å². The fourth-order valence-electron chi connectivity index (χ4n) is 1.83. The molecule has 0 aliphatic carbocycles. The Morgan fingerprint density at radius 2 is 1.43 bits per heavy atom. The van der Waals surface area contributed by atoms with Crippen LogP contribution in [0.4, 0.5) is 19.4 Å². The summed E-state index contributed by atoms with van der Waals surface area (Å²) in [6.07, 6.45) is 0. The van der Waals surface area contributed by atoms with Gasteiger partial charge in [0.2, 0.25) is 0 Å². The van der Waals surface area contributed by atoms with Crippen LogP contribution in [0.15, 0.2) is 47.4 Å². The van der Waals surface area contributed by atoms with Gasteiger partial charge in [0.1, 0.15) is 4.90 Å². The molecule has 0 aliphatic heterocycles. The summed E-state index contributed by atoms with van der Waals surface area (Å²) in [5.41, 5.74) is 0.943. The van der Waals surface area contributed by atoms with Gasteiger partial charge in [0.15, 0.2) is 0 Å². The van der Waals surface area contributed by atoms with Gasteiger partial charge in [-0.3, -0.25) is 4.98 Å². The highest BCUT2D eigenvalue weighted by Gasteiger charge is 2.65. The van der Waals surface area contributed by atoms with Gasteiger partial charge in [0.05, 0.1) is 5.69 Å². The maximum Gasteiger partial charge on any atom is 0.310 e. The molecule has 0 fully saturated rings. The fourth-order valence-corrected chi connectivity index (χ4v) is 2.51. The Morgan fingerprint density at radius 3 is 1.96 bits per heavy atom. The molecule has 23 heavy (non-hydrogen) atoms. The van der Waals surface area contributed by atoms with E-state index < -0.39 is 15.1 Å². The van der Waals surface area contributed by atoms with Crippen LogP contribution in [0.25, 0.3) is 11.3 Å². The van der Waals surface area contributed by atoms with E-state index in [0.717, 1.165) is 6.07 Å². The van der Waals surface area contributed by atoms with Gasteiger partial charge in [-0.2, -0.15) is 0 Å². The van der Waals surface area contributed by atoms with Crippen LogP contribution in [0.3, 0.4) is 0 Å². The largest absolute Gasteiger partial charge is 0.310 e. The Labute approximate surface area is 133 Å². The first-order chi connectivity index (χ1) is 10.4. The number of halogens is 5. The highest BCUT2D eigenvalue weighted by Crippen LogP contribution is 3.02. The van der Waals surface area contributed by atoms with Gasteiger partial charge >= 0.3 is 10.2 Å². The van der Waals surface area contributed by atoms with Crippen molar-refractivity contribution in [2.75, 3.05) is 0 Å². The van der Waals surface area contributed by atoms with Gasteiger partial charge in [-0.25, -0.2) is 0 Å². The molecule has 0 unspecified atom stereocenters. The smallest absolute Gasteiger partial charge is 0.253 e. The predicted octanol–water partition coefficient (Wildman–Crippen LogP) is 7.56. The predicted molar refractivity (Wildman–Crippen MR) is 86.5 cm³/mol. The number of benzene rings is 1. The quantitative estimate of drug-likeness (QED) is 0.519. The Balaban J connectivity index is 0.00000127. The lowest BCUT2D eigenvalue weighted by Crippen LogP contribution is -2.06. The number of pyridine rings is 1.